The molecule has 1 aromatic rings. The highest BCUT2D eigenvalue weighted by molar-refractivity contribution is 6.24. The Balaban J connectivity index is 1.61. The molecule has 2 amide bonds. The van der Waals surface area contributed by atoms with E-state index in [-0.39, 0.29) is 23.7 Å². The van der Waals surface area contributed by atoms with Crippen LogP contribution in [0.1, 0.15) is 43.2 Å². The number of rotatable bonds is 5. The summed E-state index contributed by atoms with van der Waals surface area (Å²) < 4.78 is 0. The highest BCUT2D eigenvalue weighted by Gasteiger charge is 2.68. The van der Waals surface area contributed by atoms with Gasteiger partial charge in [0.25, 0.3) is 5.91 Å². The van der Waals surface area contributed by atoms with E-state index < -0.39 is 81.4 Å². The minimum absolute atomic E-state index is 0.0105. The van der Waals surface area contributed by atoms with Gasteiger partial charge in [0.1, 0.15) is 22.8 Å². The maximum atomic E-state index is 14.1. The SMILES string of the molecule is C[C@H]1c2ccc(NC(=O)CN3CCCCC3)c(O)c2C(O)=C2C(=O)[C@]3(O)C(O)=C(C(N)=O)C(=O)[C@@H](N(C)C)C3C(O)C21. The van der Waals surface area contributed by atoms with Crippen LogP contribution in [0.3, 0.4) is 0 Å². The summed E-state index contributed by atoms with van der Waals surface area (Å²) in [5.41, 5.74) is 1.05. The lowest BCUT2D eigenvalue weighted by Gasteiger charge is -2.53. The largest absolute Gasteiger partial charge is 0.508 e. The number of benzene rings is 1. The number of carbonyl (C=O) groups is 4. The number of ketones is 2. The number of piperidine rings is 1. The third kappa shape index (κ3) is 4.22. The molecule has 5 rings (SSSR count). The smallest absolute Gasteiger partial charge is 0.255 e. The summed E-state index contributed by atoms with van der Waals surface area (Å²) in [7, 11) is 2.89. The first kappa shape index (κ1) is 29.7. The summed E-state index contributed by atoms with van der Waals surface area (Å²) in [5, 5.41) is 59.7. The number of aliphatic hydroxyl groups excluding tert-OH is 3. The van der Waals surface area contributed by atoms with Crippen molar-refractivity contribution in [2.75, 3.05) is 39.0 Å². The Morgan fingerprint density at radius 1 is 1.12 bits per heavy atom. The van der Waals surface area contributed by atoms with Crippen LogP contribution in [0.25, 0.3) is 5.76 Å². The number of anilines is 1. The minimum Gasteiger partial charge on any atom is -0.508 e. The first-order valence-corrected chi connectivity index (χ1v) is 13.9. The number of hydrogen-bond acceptors (Lipinski definition) is 11. The molecule has 1 saturated heterocycles. The average Bonchev–Trinajstić information content (AvgIpc) is 2.92. The maximum Gasteiger partial charge on any atom is 0.255 e. The number of amides is 2. The molecule has 0 spiro atoms. The average molecular weight is 585 g/mol. The Hall–Kier alpha value is -3.78. The predicted molar refractivity (Wildman–Crippen MR) is 149 cm³/mol. The highest BCUT2D eigenvalue weighted by atomic mass is 16.4. The van der Waals surface area contributed by atoms with Crippen molar-refractivity contribution in [3.8, 4) is 5.75 Å². The molecular weight excluding hydrogens is 548 g/mol. The van der Waals surface area contributed by atoms with Crippen molar-refractivity contribution in [2.24, 2.45) is 17.6 Å². The van der Waals surface area contributed by atoms with Gasteiger partial charge < -0.3 is 36.6 Å². The van der Waals surface area contributed by atoms with Gasteiger partial charge in [-0.05, 0) is 57.6 Å². The fourth-order valence-electron chi connectivity index (χ4n) is 7.23. The van der Waals surface area contributed by atoms with E-state index in [9.17, 15) is 44.7 Å². The first-order valence-electron chi connectivity index (χ1n) is 13.9. The van der Waals surface area contributed by atoms with Crippen LogP contribution in [-0.4, -0.2) is 110 Å². The standard InChI is InChI=1S/C29H36N4O9/c1-12-13-7-8-14(31-15(34)11-33-9-5-4-6-10-33)22(35)17(13)23(36)18-16(12)24(37)20-21(32(2)3)25(38)19(28(30)41)27(40)29(20,42)26(18)39/h7-8,12,16,20-21,24,35-37,40,42H,4-6,9-11H2,1-3H3,(H2,30,41)(H,31,34)/t12-,16?,20?,21-,24?,29-/m0/s1. The molecule has 0 radical (unpaired) electrons. The molecule has 1 saturated carbocycles. The van der Waals surface area contributed by atoms with Crippen LogP contribution in [-0.2, 0) is 19.2 Å². The van der Waals surface area contributed by atoms with Gasteiger partial charge in [0.15, 0.2) is 11.4 Å². The number of primary amides is 1. The third-order valence-electron chi connectivity index (χ3n) is 9.22. The van der Waals surface area contributed by atoms with E-state index in [1.165, 1.54) is 25.1 Å². The lowest BCUT2D eigenvalue weighted by Crippen LogP contribution is -2.70. The van der Waals surface area contributed by atoms with E-state index >= 15 is 0 Å². The van der Waals surface area contributed by atoms with Gasteiger partial charge in [-0.1, -0.05) is 19.4 Å². The first-order chi connectivity index (χ1) is 19.7. The molecule has 6 atom stereocenters. The Morgan fingerprint density at radius 2 is 1.76 bits per heavy atom. The number of fused-ring (bicyclic) bond motifs is 3. The van der Waals surface area contributed by atoms with Gasteiger partial charge in [0.05, 0.1) is 35.9 Å². The molecule has 1 aromatic carbocycles. The summed E-state index contributed by atoms with van der Waals surface area (Å²) in [5.74, 6) is -10.1. The number of nitrogens with one attached hydrogen (secondary N) is 1. The highest BCUT2D eigenvalue weighted by Crippen LogP contribution is 2.56. The number of hydrogen-bond donors (Lipinski definition) is 7. The summed E-state index contributed by atoms with van der Waals surface area (Å²) in [6.45, 7) is 3.32. The summed E-state index contributed by atoms with van der Waals surface area (Å²) >= 11 is 0. The Kier molecular flexibility index (Phi) is 7.42. The number of nitrogens with zero attached hydrogens (tertiary/aromatic N) is 2. The van der Waals surface area contributed by atoms with Crippen molar-refractivity contribution in [3.63, 3.8) is 0 Å². The normalized spacial score (nSPS) is 31.5. The molecule has 1 aliphatic heterocycles. The van der Waals surface area contributed by atoms with Gasteiger partial charge in [0.2, 0.25) is 11.7 Å². The second-order valence-corrected chi connectivity index (χ2v) is 11.9. The quantitative estimate of drug-likeness (QED) is 0.179. The second kappa shape index (κ2) is 10.5. The number of nitrogens with two attached hydrogens (primary N) is 1. The Labute approximate surface area is 241 Å². The van der Waals surface area contributed by atoms with Crippen molar-refractivity contribution in [1.29, 1.82) is 0 Å². The molecule has 42 heavy (non-hydrogen) atoms. The number of phenols is 1. The summed E-state index contributed by atoms with van der Waals surface area (Å²) in [4.78, 5) is 55.5. The molecule has 8 N–H and O–H groups in total. The van der Waals surface area contributed by atoms with Crippen LogP contribution in [0, 0.1) is 11.8 Å². The summed E-state index contributed by atoms with van der Waals surface area (Å²) in [6.07, 6.45) is 1.40. The zero-order chi connectivity index (χ0) is 30.8. The van der Waals surface area contributed by atoms with E-state index in [4.69, 9.17) is 5.73 Å². The predicted octanol–water partition coefficient (Wildman–Crippen LogP) is -0.0798. The van der Waals surface area contributed by atoms with E-state index in [2.05, 4.69) is 5.32 Å². The molecular formula is C29H36N4O9. The number of likely N-dealkylation sites (tertiary alicyclic amines) is 1. The molecule has 1 heterocycles. The monoisotopic (exact) mass is 584 g/mol. The number of carbonyl (C=O) groups excluding carboxylic acids is 4. The zero-order valence-electron chi connectivity index (χ0n) is 23.6. The van der Waals surface area contributed by atoms with Gasteiger partial charge in [-0.25, -0.2) is 0 Å². The van der Waals surface area contributed by atoms with Crippen molar-refractivity contribution < 1.29 is 44.7 Å². The molecule has 3 aliphatic carbocycles. The van der Waals surface area contributed by atoms with Crippen molar-refractivity contribution >= 4 is 34.8 Å². The fraction of sp³-hybridized carbons (Fsp3) is 0.517. The van der Waals surface area contributed by atoms with Crippen LogP contribution in [0.5, 0.6) is 5.75 Å². The lowest BCUT2D eigenvalue weighted by atomic mass is 9.54. The van der Waals surface area contributed by atoms with Crippen molar-refractivity contribution in [2.45, 2.75) is 49.9 Å². The number of aliphatic hydroxyl groups is 4. The molecule has 3 unspecified atom stereocenters. The maximum absolute atomic E-state index is 14.1. The van der Waals surface area contributed by atoms with Gasteiger partial charge >= 0.3 is 0 Å². The van der Waals surface area contributed by atoms with Gasteiger partial charge in [-0.2, -0.15) is 0 Å². The van der Waals surface area contributed by atoms with E-state index in [1.807, 2.05) is 4.90 Å². The van der Waals surface area contributed by atoms with Gasteiger partial charge in [0, 0.05) is 11.5 Å². The fourth-order valence-corrected chi connectivity index (χ4v) is 7.23. The van der Waals surface area contributed by atoms with Gasteiger partial charge in [-0.15, -0.1) is 0 Å². The van der Waals surface area contributed by atoms with Crippen LogP contribution in [0.15, 0.2) is 29.0 Å². The minimum atomic E-state index is -2.99. The Morgan fingerprint density at radius 3 is 2.36 bits per heavy atom. The van der Waals surface area contributed by atoms with Crippen LogP contribution in [0.2, 0.25) is 0 Å². The molecule has 4 aliphatic rings. The number of Topliss-reactive ketones (excluding diaryl/α,β-unsaturated/α-hetero) is 2. The number of phenolic OH excluding ortho intramolecular Hbond substituents is 1. The second-order valence-electron chi connectivity index (χ2n) is 11.9. The zero-order valence-corrected chi connectivity index (χ0v) is 23.6. The van der Waals surface area contributed by atoms with Crippen molar-refractivity contribution in [1.82, 2.24) is 9.80 Å². The van der Waals surface area contributed by atoms with E-state index in [0.29, 0.717) is 5.56 Å². The van der Waals surface area contributed by atoms with Gasteiger partial charge in [-0.3, -0.25) is 29.0 Å². The van der Waals surface area contributed by atoms with Crippen LogP contribution < -0.4 is 11.1 Å². The number of likely N-dealkylation sites (N-methyl/N-ethyl adjacent to an activating group) is 1. The molecule has 0 bridgehead atoms. The topological polar surface area (TPSA) is 214 Å². The molecule has 2 fully saturated rings. The van der Waals surface area contributed by atoms with E-state index in [1.54, 1.807) is 13.0 Å². The molecule has 226 valence electrons. The molecule has 0 aromatic heterocycles. The van der Waals surface area contributed by atoms with E-state index in [0.717, 1.165) is 32.4 Å². The third-order valence-corrected chi connectivity index (χ3v) is 9.22. The number of aromatic hydroxyl groups is 1. The van der Waals surface area contributed by atoms with Crippen molar-refractivity contribution in [3.05, 3.63) is 40.2 Å². The van der Waals surface area contributed by atoms with Crippen LogP contribution >= 0.6 is 0 Å². The Bertz CT molecular complexity index is 1440. The molecule has 13 nitrogen and oxygen atoms in total. The molecule has 13 heteroatoms. The lowest BCUT2D eigenvalue weighted by molar-refractivity contribution is -0.169. The van der Waals surface area contributed by atoms with Crippen LogP contribution in [0.4, 0.5) is 5.69 Å². The summed E-state index contributed by atoms with van der Waals surface area (Å²) in [6, 6.07) is 1.60.